The summed E-state index contributed by atoms with van der Waals surface area (Å²) in [4.78, 5) is 37.0. The van der Waals surface area contributed by atoms with E-state index in [9.17, 15) is 14.4 Å². The fourth-order valence-corrected chi connectivity index (χ4v) is 2.65. The van der Waals surface area contributed by atoms with Gasteiger partial charge in [-0.1, -0.05) is 44.2 Å². The Kier molecular flexibility index (Phi) is 7.94. The van der Waals surface area contributed by atoms with Gasteiger partial charge in [-0.2, -0.15) is 5.26 Å². The maximum atomic E-state index is 12.5. The van der Waals surface area contributed by atoms with Crippen LogP contribution in [0.15, 0.2) is 48.5 Å². The van der Waals surface area contributed by atoms with Gasteiger partial charge in [-0.3, -0.25) is 25.2 Å². The minimum atomic E-state index is -0.849. The summed E-state index contributed by atoms with van der Waals surface area (Å²) < 4.78 is 5.31. The number of rotatable bonds is 7. The fourth-order valence-electron chi connectivity index (χ4n) is 2.65. The molecule has 30 heavy (non-hydrogen) atoms. The quantitative estimate of drug-likeness (QED) is 0.604. The second kappa shape index (κ2) is 10.6. The zero-order valence-corrected chi connectivity index (χ0v) is 17.1. The predicted molar refractivity (Wildman–Crippen MR) is 110 cm³/mol. The third kappa shape index (κ3) is 6.07. The van der Waals surface area contributed by atoms with Gasteiger partial charge in [0.2, 0.25) is 0 Å². The zero-order valence-electron chi connectivity index (χ0n) is 17.1. The van der Waals surface area contributed by atoms with Crippen molar-refractivity contribution in [2.45, 2.75) is 26.8 Å². The second-order valence-corrected chi connectivity index (χ2v) is 6.94. The summed E-state index contributed by atoms with van der Waals surface area (Å²) in [7, 11) is 0. The van der Waals surface area contributed by atoms with E-state index in [0.29, 0.717) is 11.1 Å². The monoisotopic (exact) mass is 408 g/mol. The molecule has 8 nitrogen and oxygen atoms in total. The van der Waals surface area contributed by atoms with Gasteiger partial charge in [0, 0.05) is 5.56 Å². The van der Waals surface area contributed by atoms with Crippen molar-refractivity contribution in [3.63, 3.8) is 0 Å². The number of amides is 3. The first-order valence-corrected chi connectivity index (χ1v) is 9.40. The summed E-state index contributed by atoms with van der Waals surface area (Å²) in [6, 6.07) is 14.7. The number of nitrogens with zero attached hydrogens (tertiary/aromatic N) is 1. The number of nitrogens with one attached hydrogen (secondary N) is 3. The SMILES string of the molecule is Cc1ccccc1C(=O)NC(C(=O)NNC(=O)COc1ccccc1C#N)C(C)C. The summed E-state index contributed by atoms with van der Waals surface area (Å²) in [5.74, 6) is -1.48. The van der Waals surface area contributed by atoms with Crippen molar-refractivity contribution in [1.82, 2.24) is 16.2 Å². The Morgan fingerprint density at radius 3 is 2.37 bits per heavy atom. The molecule has 3 N–H and O–H groups in total. The first-order valence-electron chi connectivity index (χ1n) is 9.40. The lowest BCUT2D eigenvalue weighted by Gasteiger charge is -2.22. The molecule has 8 heteroatoms. The summed E-state index contributed by atoms with van der Waals surface area (Å²) in [5.41, 5.74) is 6.12. The van der Waals surface area contributed by atoms with Gasteiger partial charge in [0.05, 0.1) is 5.56 Å². The van der Waals surface area contributed by atoms with Crippen molar-refractivity contribution in [2.75, 3.05) is 6.61 Å². The number of carbonyl (C=O) groups is 3. The van der Waals surface area contributed by atoms with Crippen LogP contribution in [0, 0.1) is 24.2 Å². The molecule has 1 atom stereocenters. The van der Waals surface area contributed by atoms with Crippen molar-refractivity contribution in [1.29, 1.82) is 5.26 Å². The molecule has 0 heterocycles. The number of ether oxygens (including phenoxy) is 1. The third-order valence-electron chi connectivity index (χ3n) is 4.32. The van der Waals surface area contributed by atoms with Crippen molar-refractivity contribution < 1.29 is 19.1 Å². The van der Waals surface area contributed by atoms with Crippen molar-refractivity contribution in [3.8, 4) is 11.8 Å². The van der Waals surface area contributed by atoms with E-state index in [1.807, 2.05) is 25.1 Å². The van der Waals surface area contributed by atoms with E-state index in [4.69, 9.17) is 10.00 Å². The maximum absolute atomic E-state index is 12.5. The van der Waals surface area contributed by atoms with Gasteiger partial charge in [-0.25, -0.2) is 0 Å². The molecular formula is C22H24N4O4. The Hall–Kier alpha value is -3.86. The molecule has 2 rings (SSSR count). The average Bonchev–Trinajstić information content (AvgIpc) is 2.74. The highest BCUT2D eigenvalue weighted by Crippen LogP contribution is 2.16. The number of benzene rings is 2. The zero-order chi connectivity index (χ0) is 22.1. The van der Waals surface area contributed by atoms with Crippen LogP contribution in [0.25, 0.3) is 0 Å². The first-order chi connectivity index (χ1) is 14.3. The largest absolute Gasteiger partial charge is 0.482 e. The lowest BCUT2D eigenvalue weighted by atomic mass is 10.0. The molecule has 0 spiro atoms. The highest BCUT2D eigenvalue weighted by atomic mass is 16.5. The van der Waals surface area contributed by atoms with E-state index in [1.54, 1.807) is 50.2 Å². The number of aryl methyl sites for hydroxylation is 1. The smallest absolute Gasteiger partial charge is 0.276 e. The molecule has 0 aromatic heterocycles. The highest BCUT2D eigenvalue weighted by molar-refractivity contribution is 5.98. The number of para-hydroxylation sites is 1. The number of hydrogen-bond acceptors (Lipinski definition) is 5. The highest BCUT2D eigenvalue weighted by Gasteiger charge is 2.25. The van der Waals surface area contributed by atoms with Crippen molar-refractivity contribution >= 4 is 17.7 Å². The Morgan fingerprint density at radius 1 is 1.03 bits per heavy atom. The Labute approximate surface area is 175 Å². The number of hydrogen-bond donors (Lipinski definition) is 3. The van der Waals surface area contributed by atoms with Gasteiger partial charge >= 0.3 is 0 Å². The van der Waals surface area contributed by atoms with E-state index < -0.39 is 17.9 Å². The molecule has 0 bridgehead atoms. The van der Waals surface area contributed by atoms with Crippen LogP contribution in [-0.2, 0) is 9.59 Å². The molecule has 2 aromatic rings. The minimum absolute atomic E-state index is 0.214. The molecule has 0 aliphatic carbocycles. The molecular weight excluding hydrogens is 384 g/mol. The van der Waals surface area contributed by atoms with E-state index in [0.717, 1.165) is 5.56 Å². The Bertz CT molecular complexity index is 966. The van der Waals surface area contributed by atoms with E-state index >= 15 is 0 Å². The topological polar surface area (TPSA) is 120 Å². The Balaban J connectivity index is 1.90. The molecule has 3 amide bonds. The third-order valence-corrected chi connectivity index (χ3v) is 4.32. The maximum Gasteiger partial charge on any atom is 0.276 e. The predicted octanol–water partition coefficient (Wildman–Crippen LogP) is 1.85. The van der Waals surface area contributed by atoms with Gasteiger partial charge in [0.25, 0.3) is 17.7 Å². The molecule has 1 unspecified atom stereocenters. The second-order valence-electron chi connectivity index (χ2n) is 6.94. The molecule has 0 aliphatic heterocycles. The van der Waals surface area contributed by atoms with E-state index in [-0.39, 0.29) is 24.2 Å². The number of carbonyl (C=O) groups excluding carboxylic acids is 3. The van der Waals surface area contributed by atoms with E-state index in [2.05, 4.69) is 16.2 Å². The normalized spacial score (nSPS) is 11.2. The van der Waals surface area contributed by atoms with Crippen LogP contribution in [0.3, 0.4) is 0 Å². The summed E-state index contributed by atoms with van der Waals surface area (Å²) >= 11 is 0. The Morgan fingerprint density at radius 2 is 1.70 bits per heavy atom. The molecule has 156 valence electrons. The van der Waals surface area contributed by atoms with Crippen LogP contribution in [0.1, 0.15) is 35.3 Å². The van der Waals surface area contributed by atoms with Gasteiger partial charge in [0.15, 0.2) is 6.61 Å². The van der Waals surface area contributed by atoms with Crippen LogP contribution >= 0.6 is 0 Å². The van der Waals surface area contributed by atoms with E-state index in [1.165, 1.54) is 0 Å². The van der Waals surface area contributed by atoms with Crippen LogP contribution in [-0.4, -0.2) is 30.4 Å². The van der Waals surface area contributed by atoms with Crippen LogP contribution in [0.5, 0.6) is 5.75 Å². The minimum Gasteiger partial charge on any atom is -0.482 e. The van der Waals surface area contributed by atoms with Crippen molar-refractivity contribution in [2.24, 2.45) is 5.92 Å². The molecule has 0 aliphatic rings. The summed E-state index contributed by atoms with van der Waals surface area (Å²) in [6.07, 6.45) is 0. The van der Waals surface area contributed by atoms with Crippen LogP contribution in [0.2, 0.25) is 0 Å². The molecule has 0 saturated heterocycles. The standard InChI is InChI=1S/C22H24N4O4/c1-14(2)20(24-21(28)17-10-6-4-8-15(17)3)22(29)26-25-19(27)13-30-18-11-7-5-9-16(18)12-23/h4-11,14,20H,13H2,1-3H3,(H,24,28)(H,25,27)(H,26,29). The average molecular weight is 408 g/mol. The lowest BCUT2D eigenvalue weighted by Crippen LogP contribution is -2.55. The van der Waals surface area contributed by atoms with Gasteiger partial charge in [-0.05, 0) is 36.6 Å². The summed E-state index contributed by atoms with van der Waals surface area (Å²) in [6.45, 7) is 4.99. The fraction of sp³-hybridized carbons (Fsp3) is 0.273. The summed E-state index contributed by atoms with van der Waals surface area (Å²) in [5, 5.41) is 11.7. The first kappa shape index (κ1) is 22.4. The van der Waals surface area contributed by atoms with Gasteiger partial charge in [0.1, 0.15) is 17.9 Å². The van der Waals surface area contributed by atoms with Crippen molar-refractivity contribution in [3.05, 3.63) is 65.2 Å². The molecule has 2 aromatic carbocycles. The lowest BCUT2D eigenvalue weighted by molar-refractivity contribution is -0.131. The molecule has 0 saturated carbocycles. The van der Waals surface area contributed by atoms with Crippen LogP contribution in [0.4, 0.5) is 0 Å². The molecule has 0 fully saturated rings. The van der Waals surface area contributed by atoms with Gasteiger partial charge in [-0.15, -0.1) is 0 Å². The van der Waals surface area contributed by atoms with Crippen LogP contribution < -0.4 is 20.9 Å². The number of hydrazine groups is 1. The molecule has 0 radical (unpaired) electrons. The number of nitriles is 1. The van der Waals surface area contributed by atoms with Gasteiger partial charge < -0.3 is 10.1 Å².